The Labute approximate surface area is 184 Å². The molecule has 0 spiro atoms. The summed E-state index contributed by atoms with van der Waals surface area (Å²) in [7, 11) is 0. The minimum absolute atomic E-state index is 0.164. The van der Waals surface area contributed by atoms with Crippen molar-refractivity contribution in [1.29, 1.82) is 0 Å². The minimum Gasteiger partial charge on any atom is -0.478 e. The molecular weight excluding hydrogens is 421 g/mol. The lowest BCUT2D eigenvalue weighted by molar-refractivity contribution is -0.126. The Morgan fingerprint density at radius 1 is 1.35 bits per heavy atom. The number of nitrogens with zero attached hydrogens (tertiary/aromatic N) is 1. The number of hydrogen-bond donors (Lipinski definition) is 3. The molecule has 0 saturated heterocycles. The number of carbonyl (C=O) groups excluding carboxylic acids is 1. The fourth-order valence-corrected chi connectivity index (χ4v) is 4.37. The van der Waals surface area contributed by atoms with E-state index in [0.29, 0.717) is 5.03 Å². The zero-order chi connectivity index (χ0) is 22.1. The van der Waals surface area contributed by atoms with E-state index < -0.39 is 24.0 Å². The summed E-state index contributed by atoms with van der Waals surface area (Å²) in [5.74, 6) is -2.03. The lowest BCUT2D eigenvalue weighted by atomic mass is 9.93. The molecule has 31 heavy (non-hydrogen) atoms. The maximum atomic E-state index is 13.5. The van der Waals surface area contributed by atoms with Crippen molar-refractivity contribution in [3.63, 3.8) is 0 Å². The number of anilines is 1. The van der Waals surface area contributed by atoms with E-state index in [1.807, 2.05) is 6.92 Å². The predicted octanol–water partition coefficient (Wildman–Crippen LogP) is 4.49. The van der Waals surface area contributed by atoms with Crippen LogP contribution in [0.1, 0.15) is 43.0 Å². The van der Waals surface area contributed by atoms with E-state index in [4.69, 9.17) is 11.6 Å². The number of hydrogen-bond acceptors (Lipinski definition) is 4. The van der Waals surface area contributed by atoms with Gasteiger partial charge in [-0.15, -0.1) is 0 Å². The van der Waals surface area contributed by atoms with Crippen molar-refractivity contribution in [2.75, 3.05) is 5.32 Å². The number of carbonyl (C=O) groups is 2. The van der Waals surface area contributed by atoms with E-state index in [2.05, 4.69) is 16.7 Å². The average Bonchev–Trinajstić information content (AvgIpc) is 2.75. The van der Waals surface area contributed by atoms with Gasteiger partial charge in [-0.05, 0) is 68.0 Å². The van der Waals surface area contributed by atoms with Crippen molar-refractivity contribution in [3.8, 4) is 0 Å². The Bertz CT molecular complexity index is 1060. The van der Waals surface area contributed by atoms with Crippen LogP contribution in [0.3, 0.4) is 0 Å². The fraction of sp³-hybridized carbons (Fsp3) is 0.304. The molecule has 3 aliphatic rings. The number of halogens is 2. The fourth-order valence-electron chi connectivity index (χ4n) is 4.14. The molecule has 2 aliphatic heterocycles. The third-order valence-electron chi connectivity index (χ3n) is 5.70. The highest BCUT2D eigenvalue weighted by atomic mass is 35.5. The van der Waals surface area contributed by atoms with Crippen LogP contribution in [0.2, 0.25) is 0 Å². The first-order chi connectivity index (χ1) is 14.8. The summed E-state index contributed by atoms with van der Waals surface area (Å²) in [6.45, 7) is 1.85. The zero-order valence-corrected chi connectivity index (χ0v) is 17.7. The first kappa shape index (κ1) is 21.2. The van der Waals surface area contributed by atoms with E-state index in [1.54, 1.807) is 18.4 Å². The minimum atomic E-state index is -1.23. The monoisotopic (exact) mass is 443 g/mol. The molecule has 3 N–H and O–H groups in total. The zero-order valence-electron chi connectivity index (χ0n) is 17.0. The Morgan fingerprint density at radius 3 is 2.87 bits per heavy atom. The molecule has 1 unspecified atom stereocenters. The highest BCUT2D eigenvalue weighted by molar-refractivity contribution is 6.31. The summed E-state index contributed by atoms with van der Waals surface area (Å²) in [6.07, 6.45) is 10.8. The standard InChI is InChI=1S/C23H23ClFN3O3/c1-13(26-19-8-7-16(25)10-18(19)23(30)31)17-9-15(24)12-28-21(29)11-20(27-22(17)28)14-5-3-2-4-6-14/h5,7-13,22,26-27H,2-4,6H2,1H3,(H,30,31)/t13-,22?/m1/s1. The SMILES string of the molecule is C[C@@H](Nc1ccc(F)cc1C(=O)O)C1=CC(Cl)=CN2C(=O)C=C(C3=CCCCC3)NC12. The van der Waals surface area contributed by atoms with Crippen LogP contribution in [0.4, 0.5) is 10.1 Å². The number of amides is 1. The first-order valence-corrected chi connectivity index (χ1v) is 10.6. The van der Waals surface area contributed by atoms with Crippen molar-refractivity contribution in [3.05, 3.63) is 75.9 Å². The van der Waals surface area contributed by atoms with Crippen molar-refractivity contribution >= 4 is 29.2 Å². The van der Waals surface area contributed by atoms with Crippen molar-refractivity contribution < 1.29 is 19.1 Å². The van der Waals surface area contributed by atoms with Crippen LogP contribution in [-0.4, -0.2) is 34.1 Å². The molecular formula is C23H23ClFN3O3. The maximum Gasteiger partial charge on any atom is 0.337 e. The number of allylic oxidation sites excluding steroid dienone is 4. The number of carboxylic acids is 1. The molecule has 2 heterocycles. The van der Waals surface area contributed by atoms with Crippen LogP contribution in [0.25, 0.3) is 0 Å². The molecule has 0 radical (unpaired) electrons. The summed E-state index contributed by atoms with van der Waals surface area (Å²) in [6, 6.07) is 3.18. The van der Waals surface area contributed by atoms with E-state index in [9.17, 15) is 19.1 Å². The second kappa shape index (κ2) is 8.59. The molecule has 0 saturated carbocycles. The van der Waals surface area contributed by atoms with Gasteiger partial charge in [-0.25, -0.2) is 9.18 Å². The molecule has 6 nitrogen and oxygen atoms in total. The Morgan fingerprint density at radius 2 is 2.16 bits per heavy atom. The predicted molar refractivity (Wildman–Crippen MR) is 117 cm³/mol. The molecule has 0 bridgehead atoms. The van der Waals surface area contributed by atoms with Gasteiger partial charge in [-0.3, -0.25) is 9.69 Å². The number of aromatic carboxylic acids is 1. The van der Waals surface area contributed by atoms with Gasteiger partial charge in [0.05, 0.1) is 10.6 Å². The lowest BCUT2D eigenvalue weighted by Gasteiger charge is -2.40. The van der Waals surface area contributed by atoms with Gasteiger partial charge in [-0.2, -0.15) is 0 Å². The van der Waals surface area contributed by atoms with Gasteiger partial charge >= 0.3 is 5.97 Å². The number of carboxylic acid groups (broad SMARTS) is 1. The first-order valence-electron chi connectivity index (χ1n) is 10.2. The van der Waals surface area contributed by atoms with Gasteiger partial charge < -0.3 is 15.7 Å². The van der Waals surface area contributed by atoms with E-state index in [0.717, 1.165) is 48.6 Å². The van der Waals surface area contributed by atoms with Gasteiger partial charge in [0.25, 0.3) is 5.91 Å². The highest BCUT2D eigenvalue weighted by Crippen LogP contribution is 2.32. The third kappa shape index (κ3) is 4.37. The Balaban J connectivity index is 1.63. The second-order valence-electron chi connectivity index (χ2n) is 7.84. The highest BCUT2D eigenvalue weighted by Gasteiger charge is 2.35. The van der Waals surface area contributed by atoms with Crippen molar-refractivity contribution in [1.82, 2.24) is 10.2 Å². The molecule has 4 rings (SSSR count). The summed E-state index contributed by atoms with van der Waals surface area (Å²) >= 11 is 6.29. The molecule has 1 aromatic rings. The van der Waals surface area contributed by atoms with Gasteiger partial charge in [0.15, 0.2) is 0 Å². The van der Waals surface area contributed by atoms with E-state index >= 15 is 0 Å². The lowest BCUT2D eigenvalue weighted by Crippen LogP contribution is -2.53. The van der Waals surface area contributed by atoms with Crippen LogP contribution in [-0.2, 0) is 4.79 Å². The van der Waals surface area contributed by atoms with E-state index in [1.165, 1.54) is 17.0 Å². The summed E-state index contributed by atoms with van der Waals surface area (Å²) in [5, 5.41) is 16.4. The van der Waals surface area contributed by atoms with Gasteiger partial charge in [0.1, 0.15) is 12.0 Å². The molecule has 1 aliphatic carbocycles. The average molecular weight is 444 g/mol. The number of benzene rings is 1. The van der Waals surface area contributed by atoms with Crippen LogP contribution < -0.4 is 10.6 Å². The normalized spacial score (nSPS) is 21.7. The van der Waals surface area contributed by atoms with Gasteiger partial charge in [0, 0.05) is 29.7 Å². The van der Waals surface area contributed by atoms with Gasteiger partial charge in [0.2, 0.25) is 0 Å². The smallest absolute Gasteiger partial charge is 0.337 e. The number of rotatable bonds is 5. The number of nitrogens with one attached hydrogen (secondary N) is 2. The van der Waals surface area contributed by atoms with Crippen molar-refractivity contribution in [2.45, 2.75) is 44.8 Å². The van der Waals surface area contributed by atoms with Crippen LogP contribution in [0.5, 0.6) is 0 Å². The summed E-state index contributed by atoms with van der Waals surface area (Å²) < 4.78 is 13.5. The molecule has 1 amide bonds. The molecule has 162 valence electrons. The molecule has 0 aromatic heterocycles. The second-order valence-corrected chi connectivity index (χ2v) is 8.28. The molecule has 8 heteroatoms. The summed E-state index contributed by atoms with van der Waals surface area (Å²) in [5.41, 5.74) is 2.83. The van der Waals surface area contributed by atoms with Gasteiger partial charge in [-0.1, -0.05) is 17.7 Å². The quantitative estimate of drug-likeness (QED) is 0.624. The third-order valence-corrected chi connectivity index (χ3v) is 5.90. The Hall–Kier alpha value is -3.06. The van der Waals surface area contributed by atoms with Crippen LogP contribution in [0.15, 0.2) is 64.5 Å². The maximum absolute atomic E-state index is 13.5. The van der Waals surface area contributed by atoms with E-state index in [-0.39, 0.29) is 17.2 Å². The molecule has 2 atom stereocenters. The number of fused-ring (bicyclic) bond motifs is 1. The largest absolute Gasteiger partial charge is 0.478 e. The van der Waals surface area contributed by atoms with Crippen LogP contribution >= 0.6 is 11.6 Å². The van der Waals surface area contributed by atoms with Crippen molar-refractivity contribution in [2.24, 2.45) is 0 Å². The Kier molecular flexibility index (Phi) is 5.87. The molecule has 0 fully saturated rings. The molecule has 1 aromatic carbocycles. The topological polar surface area (TPSA) is 81.7 Å². The van der Waals surface area contributed by atoms with Crippen LogP contribution in [0, 0.1) is 5.82 Å². The summed E-state index contributed by atoms with van der Waals surface area (Å²) in [4.78, 5) is 25.9.